The van der Waals surface area contributed by atoms with Crippen molar-refractivity contribution in [2.45, 2.75) is 85.5 Å². The summed E-state index contributed by atoms with van der Waals surface area (Å²) >= 11 is 0. The second-order valence-electron chi connectivity index (χ2n) is 10.8. The summed E-state index contributed by atoms with van der Waals surface area (Å²) in [7, 11) is 0. The highest BCUT2D eigenvalue weighted by molar-refractivity contribution is 5.85. The van der Waals surface area contributed by atoms with E-state index in [-0.39, 0.29) is 40.7 Å². The average Bonchev–Trinajstić information content (AvgIpc) is 2.60. The number of rotatable bonds is 5. The van der Waals surface area contributed by atoms with Crippen molar-refractivity contribution < 1.29 is 19.4 Å². The topological polar surface area (TPSA) is 63.6 Å². The van der Waals surface area contributed by atoms with Gasteiger partial charge >= 0.3 is 5.97 Å². The van der Waals surface area contributed by atoms with Gasteiger partial charge in [0.05, 0.1) is 13.0 Å². The molecule has 166 valence electrons. The van der Waals surface area contributed by atoms with Crippen molar-refractivity contribution in [3.63, 3.8) is 0 Å². The van der Waals surface area contributed by atoms with Crippen molar-refractivity contribution in [2.24, 2.45) is 11.3 Å². The van der Waals surface area contributed by atoms with Crippen LogP contribution in [0.1, 0.15) is 85.8 Å². The van der Waals surface area contributed by atoms with E-state index in [2.05, 4.69) is 48.5 Å². The minimum absolute atomic E-state index is 0.0850. The lowest BCUT2D eigenvalue weighted by molar-refractivity contribution is -0.144. The summed E-state index contributed by atoms with van der Waals surface area (Å²) in [4.78, 5) is 25.2. The lowest BCUT2D eigenvalue weighted by Crippen LogP contribution is -2.37. The summed E-state index contributed by atoms with van der Waals surface area (Å²) in [5.74, 6) is 0.171. The summed E-state index contributed by atoms with van der Waals surface area (Å²) in [5.41, 5.74) is 1.91. The molecule has 2 atom stereocenters. The summed E-state index contributed by atoms with van der Waals surface area (Å²) < 4.78 is 5.30. The summed E-state index contributed by atoms with van der Waals surface area (Å²) in [5, 5.41) is 10.4. The van der Waals surface area contributed by atoms with E-state index in [1.165, 1.54) is 0 Å². The molecule has 0 aromatic heterocycles. The maximum absolute atomic E-state index is 12.6. The van der Waals surface area contributed by atoms with Gasteiger partial charge in [-0.1, -0.05) is 72.2 Å². The van der Waals surface area contributed by atoms with Gasteiger partial charge in [-0.15, -0.1) is 0 Å². The van der Waals surface area contributed by atoms with E-state index in [0.717, 1.165) is 16.7 Å². The molecule has 0 spiro atoms. The number of phenols is 1. The van der Waals surface area contributed by atoms with Crippen LogP contribution in [-0.2, 0) is 25.2 Å². The molecule has 1 aliphatic rings. The summed E-state index contributed by atoms with van der Waals surface area (Å²) in [6, 6.07) is 5.63. The zero-order valence-corrected chi connectivity index (χ0v) is 19.9. The third-order valence-corrected chi connectivity index (χ3v) is 6.36. The maximum atomic E-state index is 12.6. The fourth-order valence-electron chi connectivity index (χ4n) is 4.40. The second kappa shape index (κ2) is 8.56. The molecule has 4 nitrogen and oxygen atoms in total. The van der Waals surface area contributed by atoms with Crippen LogP contribution in [0.25, 0.3) is 0 Å². The molecular weight excluding hydrogens is 376 g/mol. The first-order valence-electron chi connectivity index (χ1n) is 10.9. The molecule has 0 amide bonds. The van der Waals surface area contributed by atoms with Gasteiger partial charge in [-0.25, -0.2) is 0 Å². The minimum Gasteiger partial charge on any atom is -0.508 e. The molecule has 1 N–H and O–H groups in total. The molecule has 1 aromatic carbocycles. The highest BCUT2D eigenvalue weighted by Crippen LogP contribution is 2.46. The summed E-state index contributed by atoms with van der Waals surface area (Å²) in [6.07, 6.45) is 3.23. The van der Waals surface area contributed by atoms with Crippen LogP contribution >= 0.6 is 0 Å². The van der Waals surface area contributed by atoms with Crippen molar-refractivity contribution in [3.8, 4) is 5.75 Å². The zero-order valence-electron chi connectivity index (χ0n) is 19.9. The number of allylic oxidation sites excluding steroid dienone is 2. The van der Waals surface area contributed by atoms with Crippen molar-refractivity contribution in [1.29, 1.82) is 0 Å². The molecule has 0 saturated carbocycles. The van der Waals surface area contributed by atoms with Crippen LogP contribution < -0.4 is 0 Å². The van der Waals surface area contributed by atoms with E-state index >= 15 is 0 Å². The van der Waals surface area contributed by atoms with Gasteiger partial charge in [0.2, 0.25) is 0 Å². The van der Waals surface area contributed by atoms with E-state index < -0.39 is 5.41 Å². The molecule has 0 saturated heterocycles. The Morgan fingerprint density at radius 2 is 1.77 bits per heavy atom. The maximum Gasteiger partial charge on any atom is 0.306 e. The Labute approximate surface area is 181 Å². The Bertz CT molecular complexity index is 836. The van der Waals surface area contributed by atoms with Crippen molar-refractivity contribution >= 4 is 11.8 Å². The van der Waals surface area contributed by atoms with Gasteiger partial charge in [-0.3, -0.25) is 9.59 Å². The second-order valence-corrected chi connectivity index (χ2v) is 10.8. The van der Waals surface area contributed by atoms with Gasteiger partial charge < -0.3 is 9.84 Å². The molecule has 2 unspecified atom stereocenters. The molecule has 30 heavy (non-hydrogen) atoms. The van der Waals surface area contributed by atoms with E-state index in [0.29, 0.717) is 19.4 Å². The van der Waals surface area contributed by atoms with Crippen LogP contribution in [-0.4, -0.2) is 23.5 Å². The van der Waals surface area contributed by atoms with E-state index in [1.54, 1.807) is 6.07 Å². The molecule has 0 fully saturated rings. The predicted octanol–water partition coefficient (Wildman–Crippen LogP) is 5.85. The number of hydrogen-bond acceptors (Lipinski definition) is 4. The van der Waals surface area contributed by atoms with E-state index in [4.69, 9.17) is 4.74 Å². The van der Waals surface area contributed by atoms with Gasteiger partial charge in [-0.05, 0) is 41.4 Å². The number of carbonyl (C=O) groups excluding carboxylic acids is 2. The van der Waals surface area contributed by atoms with E-state index in [1.807, 2.05) is 25.1 Å². The first kappa shape index (κ1) is 24.2. The quantitative estimate of drug-likeness (QED) is 0.485. The molecule has 4 heteroatoms. The van der Waals surface area contributed by atoms with Crippen LogP contribution in [0.4, 0.5) is 0 Å². The largest absolute Gasteiger partial charge is 0.508 e. The number of esters is 1. The van der Waals surface area contributed by atoms with Crippen LogP contribution in [0.5, 0.6) is 5.75 Å². The SMILES string of the molecule is CCOC(=O)CC(C)(C1=CCC(=O)C(C(C)(C)C)C1)c1ccc(O)c(C(C)(C)C)c1. The molecular formula is C26H38O4. The average molecular weight is 415 g/mol. The molecule has 0 radical (unpaired) electrons. The van der Waals surface area contributed by atoms with Crippen LogP contribution in [0, 0.1) is 11.3 Å². The standard InChI is InChI=1S/C26H38O4/c1-9-30-23(29)16-26(8,17-10-12-21(27)19(14-17)24(2,3)4)18-11-13-22(28)20(15-18)25(5,6)7/h10-12,14,20,27H,9,13,15-16H2,1-8H3. The van der Waals surface area contributed by atoms with E-state index in [9.17, 15) is 14.7 Å². The smallest absolute Gasteiger partial charge is 0.306 e. The number of carbonyl (C=O) groups is 2. The number of ketones is 1. The molecule has 0 heterocycles. The Hall–Kier alpha value is -2.10. The van der Waals surface area contributed by atoms with Crippen molar-refractivity contribution in [2.75, 3.05) is 6.61 Å². The Kier molecular flexibility index (Phi) is 6.90. The highest BCUT2D eigenvalue weighted by Gasteiger charge is 2.41. The van der Waals surface area contributed by atoms with Gasteiger partial charge in [0.25, 0.3) is 0 Å². The number of benzene rings is 1. The number of ether oxygens (including phenoxy) is 1. The van der Waals surface area contributed by atoms with Crippen LogP contribution in [0.2, 0.25) is 0 Å². The van der Waals surface area contributed by atoms with Gasteiger partial charge in [0.1, 0.15) is 11.5 Å². The Morgan fingerprint density at radius 1 is 1.13 bits per heavy atom. The predicted molar refractivity (Wildman–Crippen MR) is 121 cm³/mol. The van der Waals surface area contributed by atoms with Gasteiger partial charge in [0, 0.05) is 17.8 Å². The number of aromatic hydroxyl groups is 1. The van der Waals surface area contributed by atoms with Gasteiger partial charge in [0.15, 0.2) is 0 Å². The third kappa shape index (κ3) is 5.14. The number of hydrogen-bond donors (Lipinski definition) is 1. The molecule has 0 bridgehead atoms. The first-order valence-corrected chi connectivity index (χ1v) is 10.9. The van der Waals surface area contributed by atoms with Gasteiger partial charge in [-0.2, -0.15) is 0 Å². The molecule has 0 aliphatic heterocycles. The third-order valence-electron chi connectivity index (χ3n) is 6.36. The fraction of sp³-hybridized carbons (Fsp3) is 0.615. The number of phenolic OH excluding ortho intramolecular Hbond substituents is 1. The Balaban J connectivity index is 2.60. The lowest BCUT2D eigenvalue weighted by atomic mass is 9.63. The zero-order chi connectivity index (χ0) is 22.9. The van der Waals surface area contributed by atoms with Crippen molar-refractivity contribution in [3.05, 3.63) is 41.0 Å². The first-order chi connectivity index (χ1) is 13.7. The minimum atomic E-state index is -0.607. The van der Waals surface area contributed by atoms with Crippen LogP contribution in [0.3, 0.4) is 0 Å². The van der Waals surface area contributed by atoms with Crippen molar-refractivity contribution in [1.82, 2.24) is 0 Å². The lowest BCUT2D eigenvalue weighted by Gasteiger charge is -2.40. The molecule has 1 aromatic rings. The Morgan fingerprint density at radius 3 is 2.30 bits per heavy atom. The highest BCUT2D eigenvalue weighted by atomic mass is 16.5. The fourth-order valence-corrected chi connectivity index (χ4v) is 4.40. The monoisotopic (exact) mass is 414 g/mol. The normalized spacial score (nSPS) is 19.8. The number of Topliss-reactive ketones (excluding diaryl/α,β-unsaturated/α-hetero) is 1. The van der Waals surface area contributed by atoms with Crippen LogP contribution in [0.15, 0.2) is 29.8 Å². The molecule has 2 rings (SSSR count). The summed E-state index contributed by atoms with van der Waals surface area (Å²) in [6.45, 7) is 16.7. The molecule has 1 aliphatic carbocycles.